The van der Waals surface area contributed by atoms with Crippen molar-refractivity contribution in [1.82, 2.24) is 0 Å². The molecule has 2 aromatic carbocycles. The molecule has 1 atom stereocenters. The largest absolute Gasteiger partial charge is 0.488 e. The third kappa shape index (κ3) is 2.73. The van der Waals surface area contributed by atoms with E-state index >= 15 is 0 Å². The number of allylic oxidation sites excluding steroid dienone is 2. The van der Waals surface area contributed by atoms with Crippen molar-refractivity contribution in [2.45, 2.75) is 33.3 Å². The smallest absolute Gasteiger partial charge is 0.127 e. The highest BCUT2D eigenvalue weighted by Crippen LogP contribution is 2.51. The maximum absolute atomic E-state index is 6.08. The van der Waals surface area contributed by atoms with Gasteiger partial charge in [0, 0.05) is 5.56 Å². The molecule has 1 nitrogen and oxygen atoms in total. The van der Waals surface area contributed by atoms with Gasteiger partial charge in [-0.15, -0.1) is 0 Å². The van der Waals surface area contributed by atoms with Crippen molar-refractivity contribution in [3.8, 4) is 5.75 Å². The number of rotatable bonds is 5. The number of ether oxygens (including phenoxy) is 1. The Hall–Kier alpha value is -2.02. The molecule has 0 heterocycles. The minimum Gasteiger partial charge on any atom is -0.488 e. The number of hydrogen-bond acceptors (Lipinski definition) is 1. The summed E-state index contributed by atoms with van der Waals surface area (Å²) in [6.07, 6.45) is 4.69. The molecular formula is C20H22O. The minimum atomic E-state index is 0.312. The molecule has 0 fully saturated rings. The molecule has 0 aromatic heterocycles. The lowest BCUT2D eigenvalue weighted by Gasteiger charge is -2.39. The van der Waals surface area contributed by atoms with Crippen LogP contribution in [0.5, 0.6) is 5.75 Å². The van der Waals surface area contributed by atoms with Crippen LogP contribution in [0.15, 0.2) is 60.7 Å². The van der Waals surface area contributed by atoms with Gasteiger partial charge in [0.1, 0.15) is 12.4 Å². The monoisotopic (exact) mass is 278 g/mol. The summed E-state index contributed by atoms with van der Waals surface area (Å²) in [4.78, 5) is 0. The van der Waals surface area contributed by atoms with E-state index in [-0.39, 0.29) is 0 Å². The van der Waals surface area contributed by atoms with Crippen LogP contribution in [0.2, 0.25) is 0 Å². The van der Waals surface area contributed by atoms with Crippen molar-refractivity contribution in [2.75, 3.05) is 0 Å². The van der Waals surface area contributed by atoms with Crippen LogP contribution >= 0.6 is 0 Å². The zero-order valence-corrected chi connectivity index (χ0v) is 12.8. The fraction of sp³-hybridized carbons (Fsp3) is 0.300. The predicted molar refractivity (Wildman–Crippen MR) is 88.2 cm³/mol. The lowest BCUT2D eigenvalue weighted by molar-refractivity contribution is 0.303. The van der Waals surface area contributed by atoms with Gasteiger partial charge in [-0.05, 0) is 35.5 Å². The molecule has 0 saturated heterocycles. The van der Waals surface area contributed by atoms with Crippen molar-refractivity contribution in [3.63, 3.8) is 0 Å². The zero-order valence-electron chi connectivity index (χ0n) is 12.8. The Morgan fingerprint density at radius 3 is 2.38 bits per heavy atom. The second kappa shape index (κ2) is 5.77. The Balaban J connectivity index is 1.81. The Morgan fingerprint density at radius 1 is 1.00 bits per heavy atom. The fourth-order valence-corrected chi connectivity index (χ4v) is 2.87. The predicted octanol–water partition coefficient (Wildman–Crippen LogP) is 5.47. The maximum Gasteiger partial charge on any atom is 0.127 e. The quantitative estimate of drug-likeness (QED) is 0.704. The Bertz CT molecular complexity index is 642. The molecule has 1 aliphatic rings. The Labute approximate surface area is 127 Å². The van der Waals surface area contributed by atoms with Crippen LogP contribution in [-0.4, -0.2) is 0 Å². The highest BCUT2D eigenvalue weighted by molar-refractivity contribution is 5.78. The molecule has 2 aromatic rings. The SMILES string of the molecule is CC[C@]1(C)CC=C1c1ccccc1OCc1ccccc1. The van der Waals surface area contributed by atoms with Gasteiger partial charge in [0.15, 0.2) is 0 Å². The van der Waals surface area contributed by atoms with Crippen LogP contribution in [-0.2, 0) is 6.61 Å². The summed E-state index contributed by atoms with van der Waals surface area (Å²) in [5.41, 5.74) is 4.21. The van der Waals surface area contributed by atoms with Gasteiger partial charge in [0.2, 0.25) is 0 Å². The number of hydrogen-bond donors (Lipinski definition) is 0. The standard InChI is InChI=1S/C20H22O/c1-3-20(2)14-13-18(20)17-11-7-8-12-19(17)21-15-16-9-5-4-6-10-16/h4-13H,3,14-15H2,1-2H3/t20-/m1/s1. The Kier molecular flexibility index (Phi) is 3.83. The van der Waals surface area contributed by atoms with E-state index < -0.39 is 0 Å². The second-order valence-electron chi connectivity index (χ2n) is 6.01. The van der Waals surface area contributed by atoms with Crippen LogP contribution < -0.4 is 4.74 Å². The number of para-hydroxylation sites is 1. The highest BCUT2D eigenvalue weighted by atomic mass is 16.5. The van der Waals surface area contributed by atoms with E-state index in [1.165, 1.54) is 29.5 Å². The lowest BCUT2D eigenvalue weighted by Crippen LogP contribution is -2.24. The molecule has 0 spiro atoms. The van der Waals surface area contributed by atoms with Gasteiger partial charge in [-0.25, -0.2) is 0 Å². The molecule has 1 heteroatoms. The molecule has 3 rings (SSSR count). The first-order valence-electron chi connectivity index (χ1n) is 7.70. The van der Waals surface area contributed by atoms with E-state index in [4.69, 9.17) is 4.74 Å². The van der Waals surface area contributed by atoms with Gasteiger partial charge < -0.3 is 4.74 Å². The van der Waals surface area contributed by atoms with Crippen molar-refractivity contribution in [1.29, 1.82) is 0 Å². The van der Waals surface area contributed by atoms with Crippen molar-refractivity contribution >= 4 is 5.57 Å². The zero-order chi connectivity index (χ0) is 14.7. The number of benzene rings is 2. The average Bonchev–Trinajstić information content (AvgIpc) is 2.53. The highest BCUT2D eigenvalue weighted by Gasteiger charge is 2.35. The van der Waals surface area contributed by atoms with E-state index in [2.05, 4.69) is 50.3 Å². The van der Waals surface area contributed by atoms with E-state index in [0.29, 0.717) is 12.0 Å². The maximum atomic E-state index is 6.08. The van der Waals surface area contributed by atoms with Gasteiger partial charge in [0.05, 0.1) is 0 Å². The third-order valence-corrected chi connectivity index (χ3v) is 4.60. The molecule has 0 amide bonds. The van der Waals surface area contributed by atoms with Crippen LogP contribution in [0.4, 0.5) is 0 Å². The van der Waals surface area contributed by atoms with E-state index in [9.17, 15) is 0 Å². The van der Waals surface area contributed by atoms with E-state index in [1.54, 1.807) is 0 Å². The molecule has 0 radical (unpaired) electrons. The summed E-state index contributed by atoms with van der Waals surface area (Å²) < 4.78 is 6.08. The lowest BCUT2D eigenvalue weighted by atomic mass is 9.66. The van der Waals surface area contributed by atoms with E-state index in [1.807, 2.05) is 24.3 Å². The summed E-state index contributed by atoms with van der Waals surface area (Å²) >= 11 is 0. The fourth-order valence-electron chi connectivity index (χ4n) is 2.87. The molecular weight excluding hydrogens is 256 g/mol. The van der Waals surface area contributed by atoms with Crippen molar-refractivity contribution < 1.29 is 4.74 Å². The molecule has 1 aliphatic carbocycles. The van der Waals surface area contributed by atoms with E-state index in [0.717, 1.165) is 5.75 Å². The second-order valence-corrected chi connectivity index (χ2v) is 6.01. The molecule has 0 bridgehead atoms. The van der Waals surface area contributed by atoms with Gasteiger partial charge >= 0.3 is 0 Å². The van der Waals surface area contributed by atoms with Crippen molar-refractivity contribution in [3.05, 3.63) is 71.8 Å². The van der Waals surface area contributed by atoms with Gasteiger partial charge in [-0.3, -0.25) is 0 Å². The summed E-state index contributed by atoms with van der Waals surface area (Å²) in [6, 6.07) is 18.7. The molecule has 0 saturated carbocycles. The Morgan fingerprint density at radius 2 is 1.71 bits per heavy atom. The van der Waals surface area contributed by atoms with Crippen LogP contribution in [0, 0.1) is 5.41 Å². The third-order valence-electron chi connectivity index (χ3n) is 4.60. The van der Waals surface area contributed by atoms with Gasteiger partial charge in [-0.2, -0.15) is 0 Å². The van der Waals surface area contributed by atoms with Crippen molar-refractivity contribution in [2.24, 2.45) is 5.41 Å². The summed E-state index contributed by atoms with van der Waals surface area (Å²) in [7, 11) is 0. The summed E-state index contributed by atoms with van der Waals surface area (Å²) in [5.74, 6) is 0.993. The molecule has 0 unspecified atom stereocenters. The summed E-state index contributed by atoms with van der Waals surface area (Å²) in [6.45, 7) is 5.23. The van der Waals surface area contributed by atoms with Crippen LogP contribution in [0.1, 0.15) is 37.8 Å². The topological polar surface area (TPSA) is 9.23 Å². The average molecular weight is 278 g/mol. The first-order chi connectivity index (χ1) is 10.2. The summed E-state index contributed by atoms with van der Waals surface area (Å²) in [5, 5.41) is 0. The molecule has 0 aliphatic heterocycles. The van der Waals surface area contributed by atoms with Gasteiger partial charge in [0.25, 0.3) is 0 Å². The first-order valence-corrected chi connectivity index (χ1v) is 7.70. The van der Waals surface area contributed by atoms with Crippen LogP contribution in [0.3, 0.4) is 0 Å². The molecule has 21 heavy (non-hydrogen) atoms. The molecule has 0 N–H and O–H groups in total. The normalized spacial score (nSPS) is 20.6. The molecule has 108 valence electrons. The minimum absolute atomic E-state index is 0.312. The first kappa shape index (κ1) is 13.9. The van der Waals surface area contributed by atoms with Crippen LogP contribution in [0.25, 0.3) is 5.57 Å². The van der Waals surface area contributed by atoms with Gasteiger partial charge in [-0.1, -0.05) is 68.5 Å².